The first-order valence-corrected chi connectivity index (χ1v) is 10.00. The standard InChI is InChI=1S/C17H21NO.C10H10/c1-18(2)12-13-19-17-10-8-16(9-11-17)14-15-6-4-3-5-7-15;1-3-9(2)10-7-5-4-6-8-10/h3-11H,12-14H2,1-2H3;1,4-9H,2H3. The van der Waals surface area contributed by atoms with Crippen LogP contribution in [-0.2, 0) is 6.42 Å². The van der Waals surface area contributed by atoms with Crippen LogP contribution in [0.5, 0.6) is 5.75 Å². The zero-order chi connectivity index (χ0) is 20.9. The Morgan fingerprint density at radius 1 is 0.828 bits per heavy atom. The predicted molar refractivity (Wildman–Crippen MR) is 123 cm³/mol. The third-order valence-electron chi connectivity index (χ3n) is 4.53. The quantitative estimate of drug-likeness (QED) is 0.488. The monoisotopic (exact) mass is 385 g/mol. The Labute approximate surface area is 176 Å². The molecule has 0 spiro atoms. The van der Waals surface area contributed by atoms with Crippen LogP contribution >= 0.6 is 0 Å². The fraction of sp³-hybridized carbons (Fsp3) is 0.259. The Bertz CT molecular complexity index is 849. The van der Waals surface area contributed by atoms with Gasteiger partial charge in [-0.1, -0.05) is 78.7 Å². The molecule has 0 aliphatic rings. The Morgan fingerprint density at radius 3 is 1.93 bits per heavy atom. The van der Waals surface area contributed by atoms with E-state index < -0.39 is 0 Å². The van der Waals surface area contributed by atoms with Crippen molar-refractivity contribution in [2.24, 2.45) is 0 Å². The van der Waals surface area contributed by atoms with Crippen molar-refractivity contribution in [1.29, 1.82) is 0 Å². The highest BCUT2D eigenvalue weighted by molar-refractivity contribution is 5.31. The zero-order valence-electron chi connectivity index (χ0n) is 17.7. The minimum atomic E-state index is 0.237. The number of rotatable bonds is 7. The van der Waals surface area contributed by atoms with Crippen LogP contribution in [0, 0.1) is 12.3 Å². The van der Waals surface area contributed by atoms with Gasteiger partial charge in [0, 0.05) is 12.5 Å². The summed E-state index contributed by atoms with van der Waals surface area (Å²) in [5, 5.41) is 0. The average Bonchev–Trinajstić information content (AvgIpc) is 2.76. The average molecular weight is 386 g/mol. The molecule has 3 aromatic carbocycles. The third kappa shape index (κ3) is 8.68. The summed E-state index contributed by atoms with van der Waals surface area (Å²) in [6, 6.07) is 29.0. The summed E-state index contributed by atoms with van der Waals surface area (Å²) in [6.45, 7) is 3.69. The molecule has 0 saturated heterocycles. The molecule has 0 bridgehead atoms. The molecule has 150 valence electrons. The number of likely N-dealkylation sites (N-methyl/N-ethyl adjacent to an activating group) is 1. The summed E-state index contributed by atoms with van der Waals surface area (Å²) in [7, 11) is 4.10. The topological polar surface area (TPSA) is 12.5 Å². The van der Waals surface area contributed by atoms with Crippen LogP contribution in [0.1, 0.15) is 29.5 Å². The maximum atomic E-state index is 5.68. The molecule has 0 saturated carbocycles. The van der Waals surface area contributed by atoms with E-state index in [2.05, 4.69) is 47.2 Å². The van der Waals surface area contributed by atoms with Gasteiger partial charge in [0.05, 0.1) is 0 Å². The lowest BCUT2D eigenvalue weighted by atomic mass is 10.0. The Hall–Kier alpha value is -3.02. The normalized spacial score (nSPS) is 11.1. The van der Waals surface area contributed by atoms with Gasteiger partial charge in [0.25, 0.3) is 0 Å². The van der Waals surface area contributed by atoms with Crippen molar-refractivity contribution in [2.45, 2.75) is 19.3 Å². The van der Waals surface area contributed by atoms with Crippen LogP contribution in [0.2, 0.25) is 0 Å². The highest BCUT2D eigenvalue weighted by atomic mass is 16.5. The van der Waals surface area contributed by atoms with Gasteiger partial charge < -0.3 is 9.64 Å². The summed E-state index contributed by atoms with van der Waals surface area (Å²) in [6.07, 6.45) is 6.23. The van der Waals surface area contributed by atoms with E-state index in [0.717, 1.165) is 25.3 Å². The molecule has 2 heteroatoms. The number of benzene rings is 3. The summed E-state index contributed by atoms with van der Waals surface area (Å²) in [5.74, 6) is 3.86. The number of hydrogen-bond acceptors (Lipinski definition) is 2. The number of ether oxygens (including phenoxy) is 1. The molecule has 0 radical (unpaired) electrons. The van der Waals surface area contributed by atoms with E-state index in [0.29, 0.717) is 0 Å². The molecule has 3 aromatic rings. The SMILES string of the molecule is C#CC(C)c1ccccc1.CN(C)CCOc1ccc(Cc2ccccc2)cc1. The Morgan fingerprint density at radius 2 is 1.38 bits per heavy atom. The molecule has 3 rings (SSSR count). The first-order chi connectivity index (χ1) is 14.1. The van der Waals surface area contributed by atoms with E-state index in [-0.39, 0.29) is 5.92 Å². The van der Waals surface area contributed by atoms with E-state index >= 15 is 0 Å². The molecule has 0 aromatic heterocycles. The van der Waals surface area contributed by atoms with Crippen LogP contribution in [0.25, 0.3) is 0 Å². The Balaban J connectivity index is 0.000000253. The molecule has 29 heavy (non-hydrogen) atoms. The van der Waals surface area contributed by atoms with Gasteiger partial charge in [0.1, 0.15) is 12.4 Å². The number of hydrogen-bond donors (Lipinski definition) is 0. The van der Waals surface area contributed by atoms with Gasteiger partial charge in [-0.2, -0.15) is 0 Å². The first-order valence-electron chi connectivity index (χ1n) is 10.00. The lowest BCUT2D eigenvalue weighted by molar-refractivity contribution is 0.261. The first kappa shape index (κ1) is 22.3. The van der Waals surface area contributed by atoms with E-state index in [1.165, 1.54) is 16.7 Å². The van der Waals surface area contributed by atoms with Gasteiger partial charge in [0.2, 0.25) is 0 Å². The lowest BCUT2D eigenvalue weighted by Crippen LogP contribution is -2.19. The highest BCUT2D eigenvalue weighted by Crippen LogP contribution is 2.15. The van der Waals surface area contributed by atoms with Crippen molar-refractivity contribution < 1.29 is 4.74 Å². The van der Waals surface area contributed by atoms with E-state index in [1.807, 2.05) is 69.6 Å². The molecule has 1 atom stereocenters. The van der Waals surface area contributed by atoms with Crippen molar-refractivity contribution in [2.75, 3.05) is 27.2 Å². The van der Waals surface area contributed by atoms with Gasteiger partial charge in [-0.3, -0.25) is 0 Å². The number of terminal acetylenes is 1. The van der Waals surface area contributed by atoms with E-state index in [4.69, 9.17) is 11.2 Å². The van der Waals surface area contributed by atoms with Gasteiger partial charge in [-0.15, -0.1) is 6.42 Å². The van der Waals surface area contributed by atoms with Crippen molar-refractivity contribution >= 4 is 0 Å². The fourth-order valence-electron chi connectivity index (χ4n) is 2.72. The van der Waals surface area contributed by atoms with E-state index in [1.54, 1.807) is 0 Å². The molecule has 0 heterocycles. The molecule has 2 nitrogen and oxygen atoms in total. The fourth-order valence-corrected chi connectivity index (χ4v) is 2.72. The summed E-state index contributed by atoms with van der Waals surface area (Å²) in [5.41, 5.74) is 3.86. The van der Waals surface area contributed by atoms with Crippen LogP contribution in [0.4, 0.5) is 0 Å². The van der Waals surface area contributed by atoms with Crippen LogP contribution in [0.15, 0.2) is 84.9 Å². The van der Waals surface area contributed by atoms with E-state index in [9.17, 15) is 0 Å². The summed E-state index contributed by atoms with van der Waals surface area (Å²) >= 11 is 0. The minimum Gasteiger partial charge on any atom is -0.492 e. The van der Waals surface area contributed by atoms with Crippen molar-refractivity contribution in [3.63, 3.8) is 0 Å². The van der Waals surface area contributed by atoms with Gasteiger partial charge in [-0.05, 0) is 56.3 Å². The molecular formula is C27H31NO. The summed E-state index contributed by atoms with van der Waals surface area (Å²) in [4.78, 5) is 2.11. The maximum absolute atomic E-state index is 5.68. The largest absolute Gasteiger partial charge is 0.492 e. The maximum Gasteiger partial charge on any atom is 0.119 e. The van der Waals surface area contributed by atoms with Crippen LogP contribution in [-0.4, -0.2) is 32.1 Å². The molecule has 0 aliphatic heterocycles. The number of nitrogens with zero attached hydrogens (tertiary/aromatic N) is 1. The lowest BCUT2D eigenvalue weighted by Gasteiger charge is -2.11. The second-order valence-corrected chi connectivity index (χ2v) is 7.26. The van der Waals surface area contributed by atoms with Crippen molar-refractivity contribution in [3.8, 4) is 18.1 Å². The van der Waals surface area contributed by atoms with Gasteiger partial charge in [0.15, 0.2) is 0 Å². The molecule has 0 N–H and O–H groups in total. The molecule has 1 unspecified atom stereocenters. The van der Waals surface area contributed by atoms with Crippen molar-refractivity contribution in [1.82, 2.24) is 4.90 Å². The smallest absolute Gasteiger partial charge is 0.119 e. The predicted octanol–water partition coefficient (Wildman–Crippen LogP) is 5.64. The van der Waals surface area contributed by atoms with Gasteiger partial charge in [-0.25, -0.2) is 0 Å². The molecule has 0 aliphatic carbocycles. The molecule has 0 fully saturated rings. The van der Waals surface area contributed by atoms with Crippen LogP contribution in [0.3, 0.4) is 0 Å². The zero-order valence-corrected chi connectivity index (χ0v) is 17.7. The molecular weight excluding hydrogens is 354 g/mol. The Kier molecular flexibility index (Phi) is 9.55. The van der Waals surface area contributed by atoms with Crippen LogP contribution < -0.4 is 4.74 Å². The third-order valence-corrected chi connectivity index (χ3v) is 4.53. The second-order valence-electron chi connectivity index (χ2n) is 7.26. The highest BCUT2D eigenvalue weighted by Gasteiger charge is 1.98. The van der Waals surface area contributed by atoms with Crippen molar-refractivity contribution in [3.05, 3.63) is 102 Å². The second kappa shape index (κ2) is 12.4. The minimum absolute atomic E-state index is 0.237. The van der Waals surface area contributed by atoms with Gasteiger partial charge >= 0.3 is 0 Å². The molecule has 0 amide bonds. The summed E-state index contributed by atoms with van der Waals surface area (Å²) < 4.78 is 5.68.